The van der Waals surface area contributed by atoms with Gasteiger partial charge >= 0.3 is 0 Å². The van der Waals surface area contributed by atoms with Crippen LogP contribution in [-0.4, -0.2) is 17.5 Å². The highest BCUT2D eigenvalue weighted by Gasteiger charge is 1.99. The molecule has 1 aromatic carbocycles. The largest absolute Gasteiger partial charge is 0.412 e. The predicted molar refractivity (Wildman–Crippen MR) is 80.8 cm³/mol. The summed E-state index contributed by atoms with van der Waals surface area (Å²) in [6.07, 6.45) is 0.315. The summed E-state index contributed by atoms with van der Waals surface area (Å²) in [4.78, 5) is 20.6. The maximum atomic E-state index is 10.6. The summed E-state index contributed by atoms with van der Waals surface area (Å²) in [5.41, 5.74) is 0.442. The number of aldehydes is 1. The van der Waals surface area contributed by atoms with Gasteiger partial charge in [0.25, 0.3) is 0 Å². The highest BCUT2D eigenvalue weighted by Crippen LogP contribution is 1.96. The van der Waals surface area contributed by atoms with Crippen molar-refractivity contribution in [3.05, 3.63) is 35.9 Å². The summed E-state index contributed by atoms with van der Waals surface area (Å²) < 4.78 is 0. The van der Waals surface area contributed by atoms with Crippen molar-refractivity contribution in [3.8, 4) is 0 Å². The van der Waals surface area contributed by atoms with Gasteiger partial charge in [-0.15, -0.1) is 0 Å². The molecule has 0 aromatic heterocycles. The summed E-state index contributed by atoms with van der Waals surface area (Å²) in [6, 6.07) is 8.45. The van der Waals surface area contributed by atoms with E-state index in [0.29, 0.717) is 11.8 Å². The molecule has 17 heavy (non-hydrogen) atoms. The lowest BCUT2D eigenvalue weighted by Gasteiger charge is -1.88. The minimum absolute atomic E-state index is 0. The van der Waals surface area contributed by atoms with Crippen LogP contribution in [0.3, 0.4) is 0 Å². The average Bonchev–Trinajstić information content (AvgIpc) is 2.05. The van der Waals surface area contributed by atoms with E-state index >= 15 is 0 Å². The van der Waals surface area contributed by atoms with E-state index in [1.165, 1.54) is 0 Å². The van der Waals surface area contributed by atoms with Crippen LogP contribution in [0.2, 0.25) is 0 Å². The first-order valence-electron chi connectivity index (χ1n) is 2.89. The van der Waals surface area contributed by atoms with Gasteiger partial charge in [0.2, 0.25) is 5.78 Å². The topological polar surface area (TPSA) is 65.6 Å². The molecular weight excluding hydrogens is 216 g/mol. The molecule has 0 aliphatic rings. The molecule has 1 aromatic rings. The molecule has 2 N–H and O–H groups in total. The SMILES string of the molecule is C.C.C.C.C.C.O.O=CC(=O)c1ccccc1. The standard InChI is InChI=1S/C8H6O2.6CH4.H2O/c9-6-8(10)7-4-2-1-3-5-7;;;;;;;/h1-6H;6*1H4;1H2. The van der Waals surface area contributed by atoms with Crippen LogP contribution in [0.4, 0.5) is 0 Å². The minimum atomic E-state index is -0.472. The van der Waals surface area contributed by atoms with E-state index in [4.69, 9.17) is 0 Å². The Morgan fingerprint density at radius 2 is 1.18 bits per heavy atom. The molecule has 0 amide bonds. The fraction of sp³-hybridized carbons (Fsp3) is 0.429. The summed E-state index contributed by atoms with van der Waals surface area (Å²) in [5.74, 6) is -0.472. The van der Waals surface area contributed by atoms with Crippen molar-refractivity contribution in [1.29, 1.82) is 0 Å². The molecule has 0 radical (unpaired) electrons. The Bertz CT molecular complexity index is 243. The van der Waals surface area contributed by atoms with E-state index in [9.17, 15) is 9.59 Å². The van der Waals surface area contributed by atoms with Crippen molar-refractivity contribution >= 4 is 12.1 Å². The Morgan fingerprint density at radius 1 is 0.824 bits per heavy atom. The van der Waals surface area contributed by atoms with Gasteiger partial charge in [-0.25, -0.2) is 0 Å². The fourth-order valence-corrected chi connectivity index (χ4v) is 0.670. The Hall–Kier alpha value is -1.48. The van der Waals surface area contributed by atoms with E-state index in [-0.39, 0.29) is 50.0 Å². The van der Waals surface area contributed by atoms with Crippen LogP contribution < -0.4 is 0 Å². The Balaban J connectivity index is -0.0000000286. The maximum Gasteiger partial charge on any atom is 0.225 e. The average molecular weight is 248 g/mol. The van der Waals surface area contributed by atoms with Gasteiger partial charge < -0.3 is 5.48 Å². The molecule has 0 unspecified atom stereocenters. The number of benzene rings is 1. The first-order chi connectivity index (χ1) is 4.84. The van der Waals surface area contributed by atoms with E-state index in [0.717, 1.165) is 0 Å². The highest BCUT2D eigenvalue weighted by atomic mass is 16.2. The van der Waals surface area contributed by atoms with Crippen LogP contribution >= 0.6 is 0 Å². The van der Waals surface area contributed by atoms with Gasteiger partial charge in [0.15, 0.2) is 6.29 Å². The minimum Gasteiger partial charge on any atom is -0.412 e. The fourth-order valence-electron chi connectivity index (χ4n) is 0.670. The quantitative estimate of drug-likeness (QED) is 0.450. The van der Waals surface area contributed by atoms with Gasteiger partial charge in [0.1, 0.15) is 0 Å². The van der Waals surface area contributed by atoms with Crippen molar-refractivity contribution in [1.82, 2.24) is 0 Å². The first kappa shape index (κ1) is 45.1. The van der Waals surface area contributed by atoms with Crippen LogP contribution in [0.1, 0.15) is 54.9 Å². The van der Waals surface area contributed by atoms with E-state index < -0.39 is 5.78 Å². The van der Waals surface area contributed by atoms with E-state index in [1.54, 1.807) is 30.3 Å². The summed E-state index contributed by atoms with van der Waals surface area (Å²) >= 11 is 0. The molecule has 0 saturated heterocycles. The molecule has 0 saturated carbocycles. The van der Waals surface area contributed by atoms with Gasteiger partial charge in [0, 0.05) is 5.56 Å². The lowest BCUT2D eigenvalue weighted by atomic mass is 10.1. The number of rotatable bonds is 2. The monoisotopic (exact) mass is 248 g/mol. The second-order valence-electron chi connectivity index (χ2n) is 1.85. The number of hydrogen-bond donors (Lipinski definition) is 0. The molecule has 1 rings (SSSR count). The summed E-state index contributed by atoms with van der Waals surface area (Å²) in [7, 11) is 0. The summed E-state index contributed by atoms with van der Waals surface area (Å²) in [6.45, 7) is 0. The van der Waals surface area contributed by atoms with Gasteiger partial charge in [-0.3, -0.25) is 9.59 Å². The zero-order valence-electron chi connectivity index (χ0n) is 5.78. The van der Waals surface area contributed by atoms with Gasteiger partial charge in [-0.2, -0.15) is 0 Å². The molecule has 0 aliphatic carbocycles. The smallest absolute Gasteiger partial charge is 0.225 e. The zero-order chi connectivity index (χ0) is 7.40. The van der Waals surface area contributed by atoms with Crippen LogP contribution in [0, 0.1) is 0 Å². The van der Waals surface area contributed by atoms with E-state index in [2.05, 4.69) is 0 Å². The molecule has 0 atom stereocenters. The zero-order valence-corrected chi connectivity index (χ0v) is 5.78. The second kappa shape index (κ2) is 24.0. The lowest BCUT2D eigenvalue weighted by Crippen LogP contribution is -1.97. The third-order valence-corrected chi connectivity index (χ3v) is 1.17. The lowest BCUT2D eigenvalue weighted by molar-refractivity contribution is -0.104. The van der Waals surface area contributed by atoms with Gasteiger partial charge in [0.05, 0.1) is 0 Å². The van der Waals surface area contributed by atoms with Crippen LogP contribution in [0.25, 0.3) is 0 Å². The number of carbonyl (C=O) groups excluding carboxylic acids is 2. The number of hydrogen-bond acceptors (Lipinski definition) is 2. The van der Waals surface area contributed by atoms with Crippen LogP contribution in [0.5, 0.6) is 0 Å². The third-order valence-electron chi connectivity index (χ3n) is 1.17. The predicted octanol–water partition coefficient (Wildman–Crippen LogP) is 4.06. The first-order valence-corrected chi connectivity index (χ1v) is 2.89. The van der Waals surface area contributed by atoms with Crippen molar-refractivity contribution < 1.29 is 15.1 Å². The van der Waals surface area contributed by atoms with Crippen molar-refractivity contribution in [3.63, 3.8) is 0 Å². The van der Waals surface area contributed by atoms with Gasteiger partial charge in [-0.1, -0.05) is 74.9 Å². The normalized spacial score (nSPS) is 5.18. The number of ketones is 1. The molecule has 0 bridgehead atoms. The molecule has 0 fully saturated rings. The molecular formula is C14H32O3. The molecule has 106 valence electrons. The second-order valence-corrected chi connectivity index (χ2v) is 1.85. The van der Waals surface area contributed by atoms with Crippen molar-refractivity contribution in [2.75, 3.05) is 0 Å². The van der Waals surface area contributed by atoms with Crippen LogP contribution in [-0.2, 0) is 4.79 Å². The van der Waals surface area contributed by atoms with Crippen molar-refractivity contribution in [2.45, 2.75) is 44.6 Å². The highest BCUT2D eigenvalue weighted by molar-refractivity contribution is 6.33. The molecule has 0 aliphatic heterocycles. The molecule has 0 spiro atoms. The van der Waals surface area contributed by atoms with Crippen molar-refractivity contribution in [2.24, 2.45) is 0 Å². The maximum absolute atomic E-state index is 10.6. The summed E-state index contributed by atoms with van der Waals surface area (Å²) in [5, 5.41) is 0. The van der Waals surface area contributed by atoms with E-state index in [1.807, 2.05) is 0 Å². The van der Waals surface area contributed by atoms with Gasteiger partial charge in [-0.05, 0) is 0 Å². The molecule has 3 nitrogen and oxygen atoms in total. The Kier molecular flexibility index (Phi) is 63.6. The third kappa shape index (κ3) is 14.5. The molecule has 3 heteroatoms. The molecule has 0 heterocycles. The van der Waals surface area contributed by atoms with Crippen LogP contribution in [0.15, 0.2) is 30.3 Å². The number of carbonyl (C=O) groups is 2. The Morgan fingerprint density at radius 3 is 1.47 bits per heavy atom. The Labute approximate surface area is 108 Å². The number of Topliss-reactive ketones (excluding diaryl/α,β-unsaturated/α-hetero) is 1.